The second-order valence-electron chi connectivity index (χ2n) is 6.71. The summed E-state index contributed by atoms with van der Waals surface area (Å²) in [5, 5.41) is 6.28. The highest BCUT2D eigenvalue weighted by atomic mass is 16.3. The fraction of sp³-hybridized carbons (Fsp3) is 0.130. The summed E-state index contributed by atoms with van der Waals surface area (Å²) in [7, 11) is 0. The number of nitrogens with one attached hydrogen (secondary N) is 2. The molecule has 0 aliphatic heterocycles. The van der Waals surface area contributed by atoms with Crippen LogP contribution in [0.5, 0.6) is 0 Å². The summed E-state index contributed by atoms with van der Waals surface area (Å²) in [6.07, 6.45) is 3.39. The zero-order chi connectivity index (χ0) is 20.1. The third kappa shape index (κ3) is 4.38. The molecule has 2 aromatic carbocycles. The second-order valence-corrected chi connectivity index (χ2v) is 6.71. The van der Waals surface area contributed by atoms with Crippen molar-refractivity contribution in [1.82, 2.24) is 15.2 Å². The van der Waals surface area contributed by atoms with E-state index in [4.69, 9.17) is 4.42 Å². The van der Waals surface area contributed by atoms with Crippen molar-refractivity contribution in [3.05, 3.63) is 96.1 Å². The average molecular weight is 387 g/mol. The quantitative estimate of drug-likeness (QED) is 0.511. The smallest absolute Gasteiger partial charge is 0.253 e. The molecule has 0 atom stereocenters. The van der Waals surface area contributed by atoms with Gasteiger partial charge in [0, 0.05) is 23.6 Å². The van der Waals surface area contributed by atoms with Crippen LogP contribution in [0.1, 0.15) is 21.7 Å². The molecule has 0 radical (unpaired) electrons. The van der Waals surface area contributed by atoms with Crippen LogP contribution in [0, 0.1) is 0 Å². The normalized spacial score (nSPS) is 10.8. The number of furan rings is 1. The maximum absolute atomic E-state index is 12.7. The van der Waals surface area contributed by atoms with Gasteiger partial charge in [-0.1, -0.05) is 48.5 Å². The van der Waals surface area contributed by atoms with Gasteiger partial charge in [0.1, 0.15) is 5.76 Å². The molecule has 0 fully saturated rings. The third-order valence-electron chi connectivity index (χ3n) is 4.68. The molecule has 0 bridgehead atoms. The van der Waals surface area contributed by atoms with Gasteiger partial charge in [0.2, 0.25) is 5.91 Å². The van der Waals surface area contributed by atoms with Crippen molar-refractivity contribution in [3.63, 3.8) is 0 Å². The molecule has 4 aromatic rings. The van der Waals surface area contributed by atoms with Crippen molar-refractivity contribution in [2.45, 2.75) is 13.1 Å². The summed E-state index contributed by atoms with van der Waals surface area (Å²) in [6.45, 7) is 0.855. The first-order chi connectivity index (χ1) is 14.2. The lowest BCUT2D eigenvalue weighted by Crippen LogP contribution is -2.36. The van der Waals surface area contributed by atoms with E-state index in [-0.39, 0.29) is 24.9 Å². The Bertz CT molecular complexity index is 1110. The lowest BCUT2D eigenvalue weighted by Gasteiger charge is -2.05. The minimum Gasteiger partial charge on any atom is -0.467 e. The Hall–Kier alpha value is -3.80. The first-order valence-corrected chi connectivity index (χ1v) is 9.40. The van der Waals surface area contributed by atoms with Crippen LogP contribution < -0.4 is 10.6 Å². The summed E-state index contributed by atoms with van der Waals surface area (Å²) >= 11 is 0. The van der Waals surface area contributed by atoms with E-state index in [9.17, 15) is 9.59 Å². The number of benzene rings is 2. The van der Waals surface area contributed by atoms with E-state index in [2.05, 4.69) is 27.3 Å². The molecular weight excluding hydrogens is 366 g/mol. The van der Waals surface area contributed by atoms with Crippen molar-refractivity contribution >= 4 is 22.7 Å². The van der Waals surface area contributed by atoms with Gasteiger partial charge in [0.05, 0.1) is 24.9 Å². The third-order valence-corrected chi connectivity index (χ3v) is 4.68. The number of nitrogens with zero attached hydrogens (tertiary/aromatic N) is 1. The van der Waals surface area contributed by atoms with E-state index in [0.717, 1.165) is 16.5 Å². The lowest BCUT2D eigenvalue weighted by molar-refractivity contribution is -0.120. The monoisotopic (exact) mass is 387 g/mol. The Morgan fingerprint density at radius 1 is 0.897 bits per heavy atom. The first-order valence-electron chi connectivity index (χ1n) is 9.40. The van der Waals surface area contributed by atoms with Gasteiger partial charge in [-0.2, -0.15) is 0 Å². The first kappa shape index (κ1) is 18.6. The van der Waals surface area contributed by atoms with Gasteiger partial charge in [-0.05, 0) is 23.8 Å². The van der Waals surface area contributed by atoms with Crippen LogP contribution in [-0.4, -0.2) is 22.9 Å². The van der Waals surface area contributed by atoms with E-state index in [1.165, 1.54) is 0 Å². The summed E-state index contributed by atoms with van der Waals surface area (Å²) in [5.74, 6) is 0.109. The molecule has 2 heterocycles. The Morgan fingerprint density at radius 2 is 1.69 bits per heavy atom. The van der Waals surface area contributed by atoms with Gasteiger partial charge >= 0.3 is 0 Å². The van der Waals surface area contributed by atoms with E-state index >= 15 is 0 Å². The fourth-order valence-electron chi connectivity index (χ4n) is 3.26. The minimum atomic E-state index is -0.277. The molecule has 2 amide bonds. The summed E-state index contributed by atoms with van der Waals surface area (Å²) in [4.78, 5) is 24.8. The highest BCUT2D eigenvalue weighted by Gasteiger charge is 2.16. The zero-order valence-electron chi connectivity index (χ0n) is 15.8. The molecule has 29 heavy (non-hydrogen) atoms. The number of aromatic nitrogens is 1. The Balaban J connectivity index is 1.45. The van der Waals surface area contributed by atoms with Crippen molar-refractivity contribution < 1.29 is 14.0 Å². The number of rotatable bonds is 7. The van der Waals surface area contributed by atoms with Crippen LogP contribution in [0.25, 0.3) is 10.9 Å². The molecule has 4 rings (SSSR count). The van der Waals surface area contributed by atoms with Crippen LogP contribution >= 0.6 is 0 Å². The number of para-hydroxylation sites is 1. The number of hydrogen-bond acceptors (Lipinski definition) is 3. The zero-order valence-corrected chi connectivity index (χ0v) is 15.8. The number of carbonyl (C=O) groups is 2. The number of carbonyl (C=O) groups excluding carboxylic acids is 2. The summed E-state index contributed by atoms with van der Waals surface area (Å²) < 4.78 is 7.23. The van der Waals surface area contributed by atoms with Crippen molar-refractivity contribution in [2.75, 3.05) is 6.54 Å². The number of fused-ring (bicyclic) bond motifs is 1. The van der Waals surface area contributed by atoms with Crippen LogP contribution in [-0.2, 0) is 17.9 Å². The van der Waals surface area contributed by atoms with Crippen LogP contribution in [0.2, 0.25) is 0 Å². The van der Waals surface area contributed by atoms with Crippen molar-refractivity contribution in [3.8, 4) is 0 Å². The molecule has 6 nitrogen and oxygen atoms in total. The van der Waals surface area contributed by atoms with Crippen LogP contribution in [0.4, 0.5) is 0 Å². The minimum absolute atomic E-state index is 0.0995. The summed E-state index contributed by atoms with van der Waals surface area (Å²) in [6, 6.07) is 21.4. The molecule has 0 unspecified atom stereocenters. The maximum Gasteiger partial charge on any atom is 0.253 e. The molecule has 6 heteroatoms. The average Bonchev–Trinajstić information content (AvgIpc) is 3.40. The van der Waals surface area contributed by atoms with Gasteiger partial charge in [0.25, 0.3) is 5.91 Å². The molecule has 0 spiro atoms. The Morgan fingerprint density at radius 3 is 2.48 bits per heavy atom. The molecule has 0 aliphatic rings. The topological polar surface area (TPSA) is 76.3 Å². The molecule has 0 aliphatic carbocycles. The van der Waals surface area contributed by atoms with Gasteiger partial charge in [-0.3, -0.25) is 9.59 Å². The lowest BCUT2D eigenvalue weighted by atomic mass is 10.1. The predicted octanol–water partition coefficient (Wildman–Crippen LogP) is 3.33. The van der Waals surface area contributed by atoms with E-state index in [1.54, 1.807) is 18.4 Å². The Kier molecular flexibility index (Phi) is 5.42. The second kappa shape index (κ2) is 8.48. The maximum atomic E-state index is 12.7. The van der Waals surface area contributed by atoms with Gasteiger partial charge in [-0.25, -0.2) is 0 Å². The summed E-state index contributed by atoms with van der Waals surface area (Å²) in [5.41, 5.74) is 2.68. The fourth-order valence-corrected chi connectivity index (χ4v) is 3.26. The SMILES string of the molecule is O=C(CNC(=O)c1cn(Cc2ccccc2)c2ccccc12)NCc1ccco1. The van der Waals surface area contributed by atoms with Gasteiger partial charge in [-0.15, -0.1) is 0 Å². The number of amides is 2. The van der Waals surface area contributed by atoms with Gasteiger partial charge in [0.15, 0.2) is 0 Å². The molecule has 2 aromatic heterocycles. The van der Waals surface area contributed by atoms with Gasteiger partial charge < -0.3 is 19.6 Å². The van der Waals surface area contributed by atoms with Crippen LogP contribution in [0.3, 0.4) is 0 Å². The Labute approximate surface area is 168 Å². The van der Waals surface area contributed by atoms with E-state index in [0.29, 0.717) is 17.9 Å². The van der Waals surface area contributed by atoms with Crippen molar-refractivity contribution in [2.24, 2.45) is 0 Å². The highest BCUT2D eigenvalue weighted by molar-refractivity contribution is 6.07. The molecule has 0 saturated heterocycles. The van der Waals surface area contributed by atoms with E-state index in [1.807, 2.05) is 48.7 Å². The molecule has 2 N–H and O–H groups in total. The molecular formula is C23H21N3O3. The standard InChI is InChI=1S/C23H21N3O3/c27-22(24-13-18-9-6-12-29-18)14-25-23(28)20-16-26(15-17-7-2-1-3-8-17)21-11-5-4-10-19(20)21/h1-12,16H,13-15H2,(H,24,27)(H,25,28). The van der Waals surface area contributed by atoms with E-state index < -0.39 is 0 Å². The highest BCUT2D eigenvalue weighted by Crippen LogP contribution is 2.22. The molecule has 146 valence electrons. The molecule has 0 saturated carbocycles. The predicted molar refractivity (Wildman–Crippen MR) is 110 cm³/mol. The van der Waals surface area contributed by atoms with Crippen molar-refractivity contribution in [1.29, 1.82) is 0 Å². The van der Waals surface area contributed by atoms with Crippen LogP contribution in [0.15, 0.2) is 83.6 Å². The number of hydrogen-bond donors (Lipinski definition) is 2. The largest absolute Gasteiger partial charge is 0.467 e.